The lowest BCUT2D eigenvalue weighted by molar-refractivity contribution is 0.155. The summed E-state index contributed by atoms with van der Waals surface area (Å²) in [7, 11) is 0. The van der Waals surface area contributed by atoms with Crippen LogP contribution < -0.4 is 4.90 Å². The number of nitrogens with zero attached hydrogens (tertiary/aromatic N) is 6. The Balaban J connectivity index is 1.76. The summed E-state index contributed by atoms with van der Waals surface area (Å²) in [5.41, 5.74) is 0.542. The fourth-order valence-electron chi connectivity index (χ4n) is 3.73. The van der Waals surface area contributed by atoms with Crippen LogP contribution in [-0.4, -0.2) is 51.3 Å². The quantitative estimate of drug-likeness (QED) is 0.773. The second kappa shape index (κ2) is 8.33. The predicted octanol–water partition coefficient (Wildman–Crippen LogP) is 3.62. The summed E-state index contributed by atoms with van der Waals surface area (Å²) >= 11 is 0. The number of halogens is 1. The molecule has 1 aliphatic heterocycles. The third kappa shape index (κ3) is 4.46. The minimum absolute atomic E-state index is 0.148. The SMILES string of the molecule is CCCC[C@@H](c1nnnn1C(C)(C)C)N1CCN(c2ccccc2F)CC1. The van der Waals surface area contributed by atoms with Crippen molar-refractivity contribution >= 4 is 5.69 Å². The number of tetrazole rings is 1. The van der Waals surface area contributed by atoms with Crippen LogP contribution in [0.3, 0.4) is 0 Å². The van der Waals surface area contributed by atoms with E-state index in [0.29, 0.717) is 5.69 Å². The minimum Gasteiger partial charge on any atom is -0.367 e. The largest absolute Gasteiger partial charge is 0.367 e. The lowest BCUT2D eigenvalue weighted by atomic mass is 10.0. The average Bonchev–Trinajstić information content (AvgIpc) is 3.13. The highest BCUT2D eigenvalue weighted by molar-refractivity contribution is 5.48. The van der Waals surface area contributed by atoms with Crippen molar-refractivity contribution in [1.82, 2.24) is 25.1 Å². The highest BCUT2D eigenvalue weighted by atomic mass is 19.1. The van der Waals surface area contributed by atoms with Crippen LogP contribution in [0.15, 0.2) is 24.3 Å². The van der Waals surface area contributed by atoms with E-state index in [2.05, 4.69) is 53.0 Å². The van der Waals surface area contributed by atoms with Gasteiger partial charge in [-0.3, -0.25) is 4.90 Å². The maximum absolute atomic E-state index is 14.1. The summed E-state index contributed by atoms with van der Waals surface area (Å²) in [6.45, 7) is 11.9. The number of aromatic nitrogens is 4. The van der Waals surface area contributed by atoms with Crippen molar-refractivity contribution in [2.24, 2.45) is 0 Å². The Morgan fingerprint density at radius 3 is 2.44 bits per heavy atom. The number of anilines is 1. The molecule has 1 fully saturated rings. The van der Waals surface area contributed by atoms with E-state index in [1.807, 2.05) is 16.8 Å². The van der Waals surface area contributed by atoms with Crippen molar-refractivity contribution in [2.45, 2.75) is 58.5 Å². The molecular formula is C20H31FN6. The van der Waals surface area contributed by atoms with E-state index in [1.165, 1.54) is 6.07 Å². The standard InChI is InChI=1S/C20H31FN6/c1-5-6-10-18(19-22-23-24-27(19)20(2,3)4)26-14-12-25(13-15-26)17-11-8-7-9-16(17)21/h7-9,11,18H,5-6,10,12-15H2,1-4H3/t18-/m0/s1. The van der Waals surface area contributed by atoms with Crippen molar-refractivity contribution < 1.29 is 4.39 Å². The molecule has 7 heteroatoms. The molecule has 148 valence electrons. The Kier molecular flexibility index (Phi) is 6.09. The van der Waals surface area contributed by atoms with Crippen LogP contribution in [0.4, 0.5) is 10.1 Å². The molecule has 0 bridgehead atoms. The van der Waals surface area contributed by atoms with Gasteiger partial charge in [-0.2, -0.15) is 0 Å². The summed E-state index contributed by atoms with van der Waals surface area (Å²) in [4.78, 5) is 4.59. The zero-order chi connectivity index (χ0) is 19.4. The first-order valence-electron chi connectivity index (χ1n) is 9.94. The van der Waals surface area contributed by atoms with E-state index in [0.717, 1.165) is 51.3 Å². The summed E-state index contributed by atoms with van der Waals surface area (Å²) in [6, 6.07) is 7.22. The normalized spacial score (nSPS) is 17.3. The van der Waals surface area contributed by atoms with E-state index in [-0.39, 0.29) is 17.4 Å². The van der Waals surface area contributed by atoms with E-state index < -0.39 is 0 Å². The summed E-state index contributed by atoms with van der Waals surface area (Å²) in [5.74, 6) is 0.792. The molecule has 0 saturated carbocycles. The van der Waals surface area contributed by atoms with Crippen molar-refractivity contribution in [1.29, 1.82) is 0 Å². The number of rotatable bonds is 6. The molecule has 0 unspecified atom stereocenters. The maximum Gasteiger partial charge on any atom is 0.168 e. The number of benzene rings is 1. The number of para-hydroxylation sites is 1. The Morgan fingerprint density at radius 2 is 1.81 bits per heavy atom. The van der Waals surface area contributed by atoms with Gasteiger partial charge >= 0.3 is 0 Å². The third-order valence-corrected chi connectivity index (χ3v) is 5.21. The van der Waals surface area contributed by atoms with E-state index in [9.17, 15) is 4.39 Å². The number of hydrogen-bond donors (Lipinski definition) is 0. The molecule has 27 heavy (non-hydrogen) atoms. The highest BCUT2D eigenvalue weighted by Gasteiger charge is 2.31. The molecular weight excluding hydrogens is 343 g/mol. The average molecular weight is 375 g/mol. The molecule has 0 N–H and O–H groups in total. The molecule has 6 nitrogen and oxygen atoms in total. The zero-order valence-electron chi connectivity index (χ0n) is 16.9. The van der Waals surface area contributed by atoms with E-state index >= 15 is 0 Å². The third-order valence-electron chi connectivity index (χ3n) is 5.21. The van der Waals surface area contributed by atoms with Gasteiger partial charge in [-0.1, -0.05) is 31.9 Å². The number of piperazine rings is 1. The molecule has 1 aromatic heterocycles. The van der Waals surface area contributed by atoms with Gasteiger partial charge < -0.3 is 4.90 Å². The van der Waals surface area contributed by atoms with Crippen molar-refractivity contribution in [2.75, 3.05) is 31.1 Å². The van der Waals surface area contributed by atoms with Gasteiger partial charge in [-0.15, -0.1) is 5.10 Å². The predicted molar refractivity (Wildman–Crippen MR) is 105 cm³/mol. The molecule has 2 aromatic rings. The molecule has 0 radical (unpaired) electrons. The van der Waals surface area contributed by atoms with Gasteiger partial charge in [-0.25, -0.2) is 9.07 Å². The van der Waals surface area contributed by atoms with Crippen molar-refractivity contribution in [3.8, 4) is 0 Å². The maximum atomic E-state index is 14.1. The Bertz CT molecular complexity index is 730. The van der Waals surface area contributed by atoms with Crippen molar-refractivity contribution in [3.05, 3.63) is 35.9 Å². The van der Waals surface area contributed by atoms with Gasteiger partial charge in [0.1, 0.15) is 5.82 Å². The van der Waals surface area contributed by atoms with Gasteiger partial charge in [0.05, 0.1) is 17.3 Å². The fourth-order valence-corrected chi connectivity index (χ4v) is 3.73. The smallest absolute Gasteiger partial charge is 0.168 e. The van der Waals surface area contributed by atoms with E-state index in [4.69, 9.17) is 0 Å². The zero-order valence-corrected chi connectivity index (χ0v) is 16.9. The minimum atomic E-state index is -0.154. The molecule has 1 aromatic carbocycles. The molecule has 1 atom stereocenters. The Morgan fingerprint density at radius 1 is 1.11 bits per heavy atom. The second-order valence-corrected chi connectivity index (χ2v) is 8.25. The van der Waals surface area contributed by atoms with Crippen LogP contribution in [-0.2, 0) is 5.54 Å². The molecule has 1 aliphatic rings. The second-order valence-electron chi connectivity index (χ2n) is 8.25. The number of unbranched alkanes of at least 4 members (excludes halogenated alkanes) is 1. The molecule has 0 amide bonds. The topological polar surface area (TPSA) is 50.1 Å². The summed E-state index contributed by atoms with van der Waals surface area (Å²) in [5, 5.41) is 12.6. The van der Waals surface area contributed by atoms with Crippen LogP contribution in [0.25, 0.3) is 0 Å². The van der Waals surface area contributed by atoms with E-state index in [1.54, 1.807) is 6.07 Å². The first-order chi connectivity index (χ1) is 12.9. The first kappa shape index (κ1) is 19.7. The number of hydrogen-bond acceptors (Lipinski definition) is 5. The van der Waals surface area contributed by atoms with Crippen molar-refractivity contribution in [3.63, 3.8) is 0 Å². The van der Waals surface area contributed by atoms with Gasteiger partial charge in [0, 0.05) is 26.2 Å². The monoisotopic (exact) mass is 374 g/mol. The molecule has 2 heterocycles. The lowest BCUT2D eigenvalue weighted by Gasteiger charge is -2.40. The van der Waals surface area contributed by atoms with Gasteiger partial charge in [0.15, 0.2) is 5.82 Å². The lowest BCUT2D eigenvalue weighted by Crippen LogP contribution is -2.48. The molecule has 0 spiro atoms. The molecule has 3 rings (SSSR count). The van der Waals surface area contributed by atoms with Crippen LogP contribution in [0.1, 0.15) is 58.8 Å². The van der Waals surface area contributed by atoms with Crippen LogP contribution in [0, 0.1) is 5.82 Å². The Labute approximate surface area is 161 Å². The summed E-state index contributed by atoms with van der Waals surface area (Å²) in [6.07, 6.45) is 3.31. The fraction of sp³-hybridized carbons (Fsp3) is 0.650. The Hall–Kier alpha value is -2.02. The summed E-state index contributed by atoms with van der Waals surface area (Å²) < 4.78 is 16.1. The van der Waals surface area contributed by atoms with Crippen LogP contribution in [0.5, 0.6) is 0 Å². The highest BCUT2D eigenvalue weighted by Crippen LogP contribution is 2.30. The molecule has 1 saturated heterocycles. The van der Waals surface area contributed by atoms with Crippen LogP contribution in [0.2, 0.25) is 0 Å². The van der Waals surface area contributed by atoms with Crippen LogP contribution >= 0.6 is 0 Å². The van der Waals surface area contributed by atoms with Gasteiger partial charge in [0.2, 0.25) is 0 Å². The molecule has 0 aliphatic carbocycles. The first-order valence-corrected chi connectivity index (χ1v) is 9.94. The van der Waals surface area contributed by atoms with Gasteiger partial charge in [0.25, 0.3) is 0 Å². The van der Waals surface area contributed by atoms with Gasteiger partial charge in [-0.05, 0) is 49.8 Å².